The van der Waals surface area contributed by atoms with Gasteiger partial charge >= 0.3 is 0 Å². The van der Waals surface area contributed by atoms with Crippen molar-refractivity contribution in [2.45, 2.75) is 13.5 Å². The SMILES string of the molecule is Cc1ccc(C(=O)Nc2ccnn2Cc2ccc(Cl)cc2)cc1[N+](=O)[O-]. The number of nitro groups is 1. The third-order valence-electron chi connectivity index (χ3n) is 3.87. The Balaban J connectivity index is 1.78. The monoisotopic (exact) mass is 370 g/mol. The fourth-order valence-electron chi connectivity index (χ4n) is 2.46. The van der Waals surface area contributed by atoms with E-state index >= 15 is 0 Å². The molecule has 0 saturated heterocycles. The van der Waals surface area contributed by atoms with Gasteiger partial charge in [0.15, 0.2) is 0 Å². The highest BCUT2D eigenvalue weighted by Gasteiger charge is 2.16. The number of halogens is 1. The summed E-state index contributed by atoms with van der Waals surface area (Å²) in [6, 6.07) is 13.3. The van der Waals surface area contributed by atoms with E-state index in [0.29, 0.717) is 22.9 Å². The van der Waals surface area contributed by atoms with Gasteiger partial charge in [0.1, 0.15) is 5.82 Å². The maximum absolute atomic E-state index is 12.5. The average molecular weight is 371 g/mol. The second-order valence-corrected chi connectivity index (χ2v) is 6.15. The Morgan fingerprint density at radius 3 is 2.65 bits per heavy atom. The second kappa shape index (κ2) is 7.37. The molecule has 26 heavy (non-hydrogen) atoms. The smallest absolute Gasteiger partial charge is 0.273 e. The van der Waals surface area contributed by atoms with Crippen LogP contribution in [0.3, 0.4) is 0 Å². The molecule has 0 saturated carbocycles. The highest BCUT2D eigenvalue weighted by molar-refractivity contribution is 6.30. The van der Waals surface area contributed by atoms with Crippen LogP contribution in [0.1, 0.15) is 21.5 Å². The van der Waals surface area contributed by atoms with Gasteiger partial charge in [0, 0.05) is 28.3 Å². The van der Waals surface area contributed by atoms with Crippen molar-refractivity contribution >= 4 is 29.0 Å². The first-order chi connectivity index (χ1) is 12.4. The summed E-state index contributed by atoms with van der Waals surface area (Å²) in [5.41, 5.74) is 1.59. The Morgan fingerprint density at radius 2 is 1.96 bits per heavy atom. The van der Waals surface area contributed by atoms with Crippen LogP contribution in [0.4, 0.5) is 11.5 Å². The van der Waals surface area contributed by atoms with Gasteiger partial charge in [-0.2, -0.15) is 5.10 Å². The number of hydrogen-bond donors (Lipinski definition) is 1. The Bertz CT molecular complexity index is 967. The van der Waals surface area contributed by atoms with Crippen LogP contribution in [0.5, 0.6) is 0 Å². The van der Waals surface area contributed by atoms with Gasteiger partial charge < -0.3 is 5.32 Å². The van der Waals surface area contributed by atoms with Gasteiger partial charge in [-0.1, -0.05) is 29.8 Å². The van der Waals surface area contributed by atoms with Crippen molar-refractivity contribution in [1.82, 2.24) is 9.78 Å². The minimum atomic E-state index is -0.503. The normalized spacial score (nSPS) is 10.5. The molecule has 1 heterocycles. The van der Waals surface area contributed by atoms with Crippen LogP contribution in [0, 0.1) is 17.0 Å². The molecule has 132 valence electrons. The van der Waals surface area contributed by atoms with E-state index in [9.17, 15) is 14.9 Å². The molecule has 7 nitrogen and oxygen atoms in total. The van der Waals surface area contributed by atoms with Gasteiger partial charge in [0.25, 0.3) is 11.6 Å². The maximum atomic E-state index is 12.5. The molecule has 1 aromatic heterocycles. The number of aryl methyl sites for hydroxylation is 1. The number of nitrogens with zero attached hydrogens (tertiary/aromatic N) is 3. The minimum Gasteiger partial charge on any atom is -0.307 e. The fourth-order valence-corrected chi connectivity index (χ4v) is 2.59. The lowest BCUT2D eigenvalue weighted by Crippen LogP contribution is -2.16. The summed E-state index contributed by atoms with van der Waals surface area (Å²) < 4.78 is 1.63. The molecule has 0 aliphatic heterocycles. The van der Waals surface area contributed by atoms with Crippen molar-refractivity contribution in [3.05, 3.63) is 86.6 Å². The summed E-state index contributed by atoms with van der Waals surface area (Å²) in [5.74, 6) is 0.0548. The molecule has 1 amide bonds. The Hall–Kier alpha value is -3.19. The molecule has 1 N–H and O–H groups in total. The molecule has 0 aliphatic rings. The summed E-state index contributed by atoms with van der Waals surface area (Å²) in [6.45, 7) is 2.08. The van der Waals surface area contributed by atoms with E-state index in [-0.39, 0.29) is 11.3 Å². The van der Waals surface area contributed by atoms with Crippen molar-refractivity contribution in [3.8, 4) is 0 Å². The number of anilines is 1. The Morgan fingerprint density at radius 1 is 1.23 bits per heavy atom. The third kappa shape index (κ3) is 3.89. The van der Waals surface area contributed by atoms with Gasteiger partial charge in [-0.05, 0) is 30.7 Å². The molecule has 8 heteroatoms. The van der Waals surface area contributed by atoms with Crippen LogP contribution in [-0.4, -0.2) is 20.6 Å². The Kier molecular flexibility index (Phi) is 4.99. The average Bonchev–Trinajstić information content (AvgIpc) is 3.03. The molecule has 0 unspecified atom stereocenters. The summed E-state index contributed by atoms with van der Waals surface area (Å²) in [5, 5.41) is 18.6. The van der Waals surface area contributed by atoms with Gasteiger partial charge in [0.05, 0.1) is 17.7 Å². The van der Waals surface area contributed by atoms with E-state index < -0.39 is 10.8 Å². The van der Waals surface area contributed by atoms with Crippen molar-refractivity contribution < 1.29 is 9.72 Å². The van der Waals surface area contributed by atoms with E-state index in [2.05, 4.69) is 10.4 Å². The number of benzene rings is 2. The molecule has 0 fully saturated rings. The highest BCUT2D eigenvalue weighted by atomic mass is 35.5. The first-order valence-electron chi connectivity index (χ1n) is 7.76. The van der Waals surface area contributed by atoms with Gasteiger partial charge in [-0.25, -0.2) is 4.68 Å². The number of carbonyl (C=O) groups excluding carboxylic acids is 1. The predicted molar refractivity (Wildman–Crippen MR) is 98.6 cm³/mol. The van der Waals surface area contributed by atoms with E-state index in [4.69, 9.17) is 11.6 Å². The zero-order chi connectivity index (χ0) is 18.7. The summed E-state index contributed by atoms with van der Waals surface area (Å²) >= 11 is 5.88. The molecule has 0 atom stereocenters. The molecule has 0 aliphatic carbocycles. The number of aromatic nitrogens is 2. The van der Waals surface area contributed by atoms with Crippen LogP contribution in [-0.2, 0) is 6.54 Å². The molecule has 3 aromatic rings. The van der Waals surface area contributed by atoms with E-state index in [1.165, 1.54) is 6.07 Å². The van der Waals surface area contributed by atoms with E-state index in [1.807, 2.05) is 12.1 Å². The lowest BCUT2D eigenvalue weighted by molar-refractivity contribution is -0.385. The first kappa shape index (κ1) is 17.6. The van der Waals surface area contributed by atoms with Crippen molar-refractivity contribution in [2.24, 2.45) is 0 Å². The van der Waals surface area contributed by atoms with Crippen molar-refractivity contribution in [2.75, 3.05) is 5.32 Å². The summed E-state index contributed by atoms with van der Waals surface area (Å²) in [4.78, 5) is 23.0. The summed E-state index contributed by atoms with van der Waals surface area (Å²) in [6.07, 6.45) is 1.57. The highest BCUT2D eigenvalue weighted by Crippen LogP contribution is 2.20. The van der Waals surface area contributed by atoms with E-state index in [1.54, 1.807) is 48.1 Å². The predicted octanol–water partition coefficient (Wildman–Crippen LogP) is 4.05. The third-order valence-corrected chi connectivity index (χ3v) is 4.12. The van der Waals surface area contributed by atoms with Crippen LogP contribution in [0.15, 0.2) is 54.7 Å². The van der Waals surface area contributed by atoms with Crippen molar-refractivity contribution in [1.29, 1.82) is 0 Å². The number of hydrogen-bond acceptors (Lipinski definition) is 4. The van der Waals surface area contributed by atoms with Crippen LogP contribution in [0.2, 0.25) is 5.02 Å². The molecular formula is C18H15ClN4O3. The number of amides is 1. The largest absolute Gasteiger partial charge is 0.307 e. The minimum absolute atomic E-state index is 0.0904. The molecule has 2 aromatic carbocycles. The van der Waals surface area contributed by atoms with Gasteiger partial charge in [-0.15, -0.1) is 0 Å². The van der Waals surface area contributed by atoms with Gasteiger partial charge in [0.2, 0.25) is 0 Å². The number of carbonyl (C=O) groups is 1. The lowest BCUT2D eigenvalue weighted by atomic mass is 10.1. The van der Waals surface area contributed by atoms with Crippen LogP contribution < -0.4 is 5.32 Å². The standard InChI is InChI=1S/C18H15ClN4O3/c1-12-2-5-14(10-16(12)23(25)26)18(24)21-17-8-9-20-22(17)11-13-3-6-15(19)7-4-13/h2-10H,11H2,1H3,(H,21,24). The van der Waals surface area contributed by atoms with Crippen LogP contribution >= 0.6 is 11.6 Å². The number of nitro benzene ring substituents is 1. The summed E-state index contributed by atoms with van der Waals surface area (Å²) in [7, 11) is 0. The lowest BCUT2D eigenvalue weighted by Gasteiger charge is -2.10. The molecule has 3 rings (SSSR count). The first-order valence-corrected chi connectivity index (χ1v) is 8.14. The molecule has 0 spiro atoms. The molecule has 0 radical (unpaired) electrons. The van der Waals surface area contributed by atoms with Crippen molar-refractivity contribution in [3.63, 3.8) is 0 Å². The fraction of sp³-hybridized carbons (Fsp3) is 0.111. The van der Waals surface area contributed by atoms with Gasteiger partial charge in [-0.3, -0.25) is 14.9 Å². The molecule has 0 bridgehead atoms. The number of nitrogens with one attached hydrogen (secondary N) is 1. The quantitative estimate of drug-likeness (QED) is 0.541. The zero-order valence-electron chi connectivity index (χ0n) is 13.8. The van der Waals surface area contributed by atoms with E-state index in [0.717, 1.165) is 5.56 Å². The molecular weight excluding hydrogens is 356 g/mol. The second-order valence-electron chi connectivity index (χ2n) is 5.71. The topological polar surface area (TPSA) is 90.1 Å². The van der Waals surface area contributed by atoms with Crippen LogP contribution in [0.25, 0.3) is 0 Å². The zero-order valence-corrected chi connectivity index (χ0v) is 14.6. The number of rotatable bonds is 5. The maximum Gasteiger partial charge on any atom is 0.273 e. The Labute approximate surface area is 154 Å².